The number of aromatic nitrogens is 2. The van der Waals surface area contributed by atoms with E-state index in [1.54, 1.807) is 12.3 Å². The molecule has 1 rings (SSSR count). The Hall–Kier alpha value is -1.44. The Balaban J connectivity index is 2.56. The van der Waals surface area contributed by atoms with E-state index < -0.39 is 18.4 Å². The number of nitrogens with zero attached hydrogens (tertiary/aromatic N) is 2. The molecule has 7 heteroatoms. The number of aliphatic carboxylic acids is 1. The molecule has 78 valence electrons. The number of aliphatic hydroxyl groups is 2. The Labute approximate surface area is 79.6 Å². The van der Waals surface area contributed by atoms with Crippen molar-refractivity contribution in [1.29, 1.82) is 0 Å². The maximum atomic E-state index is 10.6. The molecule has 0 spiro atoms. The fraction of sp³-hybridized carbons (Fsp3) is 0.429. The highest BCUT2D eigenvalue weighted by atomic mass is 16.5. The second-order valence-corrected chi connectivity index (χ2v) is 2.66. The number of hydrogen-bond donors (Lipinski definition) is 4. The minimum absolute atomic E-state index is 0.0277. The van der Waals surface area contributed by atoms with Gasteiger partial charge in [-0.3, -0.25) is 14.8 Å². The average molecular weight is 201 g/mol. The summed E-state index contributed by atoms with van der Waals surface area (Å²) in [6.07, 6.45) is 1.24. The maximum Gasteiger partial charge on any atom is 0.322 e. The molecule has 1 atom stereocenters. The zero-order valence-corrected chi connectivity index (χ0v) is 7.24. The fourth-order valence-corrected chi connectivity index (χ4v) is 0.978. The zero-order chi connectivity index (χ0) is 10.6. The van der Waals surface area contributed by atoms with Crippen LogP contribution in [0.3, 0.4) is 0 Å². The Kier molecular flexibility index (Phi) is 3.57. The van der Waals surface area contributed by atoms with Crippen LogP contribution in [0, 0.1) is 0 Å². The van der Waals surface area contributed by atoms with Gasteiger partial charge >= 0.3 is 5.97 Å². The molecule has 0 aliphatic heterocycles. The van der Waals surface area contributed by atoms with Crippen molar-refractivity contribution >= 4 is 5.97 Å². The van der Waals surface area contributed by atoms with Crippen molar-refractivity contribution in [3.63, 3.8) is 0 Å². The van der Waals surface area contributed by atoms with Crippen molar-refractivity contribution in [1.82, 2.24) is 15.1 Å². The van der Waals surface area contributed by atoms with Crippen LogP contribution in [0.15, 0.2) is 18.5 Å². The molecule has 0 radical (unpaired) electrons. The molecular weight excluding hydrogens is 190 g/mol. The Morgan fingerprint density at radius 3 is 2.71 bits per heavy atom. The maximum absolute atomic E-state index is 10.6. The summed E-state index contributed by atoms with van der Waals surface area (Å²) in [5, 5.41) is 31.7. The van der Waals surface area contributed by atoms with E-state index in [1.165, 1.54) is 10.9 Å². The number of carboxylic acid groups (broad SMARTS) is 1. The lowest BCUT2D eigenvalue weighted by molar-refractivity contribution is -0.145. The molecule has 7 nitrogen and oxygen atoms in total. The van der Waals surface area contributed by atoms with E-state index in [0.29, 0.717) is 0 Å². The number of aliphatic hydroxyl groups excluding tert-OH is 1. The minimum Gasteiger partial charge on any atom is -0.480 e. The zero-order valence-electron chi connectivity index (χ0n) is 7.24. The fourth-order valence-electron chi connectivity index (χ4n) is 0.978. The van der Waals surface area contributed by atoms with Gasteiger partial charge in [0.05, 0.1) is 6.54 Å². The van der Waals surface area contributed by atoms with Gasteiger partial charge in [-0.15, -0.1) is 0 Å². The number of carbonyl (C=O) groups is 1. The van der Waals surface area contributed by atoms with E-state index in [4.69, 9.17) is 15.3 Å². The molecular formula is C7H11N3O4. The van der Waals surface area contributed by atoms with Crippen LogP contribution in [0.2, 0.25) is 0 Å². The lowest BCUT2D eigenvalue weighted by Crippen LogP contribution is -2.45. The minimum atomic E-state index is -1.85. The number of nitrogens with one attached hydrogen (secondary N) is 1. The SMILES string of the molecule is O=C(O)[C@H](Cn1cccn1)NC(O)O. The monoisotopic (exact) mass is 201 g/mol. The Bertz CT molecular complexity index is 285. The van der Waals surface area contributed by atoms with Gasteiger partial charge in [0.2, 0.25) is 6.41 Å². The van der Waals surface area contributed by atoms with Crippen LogP contribution in [0.25, 0.3) is 0 Å². The van der Waals surface area contributed by atoms with Crippen LogP contribution in [-0.4, -0.2) is 43.5 Å². The third kappa shape index (κ3) is 3.13. The van der Waals surface area contributed by atoms with E-state index >= 15 is 0 Å². The summed E-state index contributed by atoms with van der Waals surface area (Å²) in [5.41, 5.74) is 0. The number of hydrogen-bond acceptors (Lipinski definition) is 5. The van der Waals surface area contributed by atoms with E-state index in [2.05, 4.69) is 10.4 Å². The van der Waals surface area contributed by atoms with Gasteiger partial charge in [-0.2, -0.15) is 5.10 Å². The van der Waals surface area contributed by atoms with Crippen molar-refractivity contribution < 1.29 is 20.1 Å². The van der Waals surface area contributed by atoms with Crippen molar-refractivity contribution in [2.75, 3.05) is 0 Å². The molecule has 0 bridgehead atoms. The molecule has 0 amide bonds. The largest absolute Gasteiger partial charge is 0.480 e. The molecule has 0 aromatic carbocycles. The lowest BCUT2D eigenvalue weighted by Gasteiger charge is -2.15. The first kappa shape index (κ1) is 10.6. The van der Waals surface area contributed by atoms with E-state index in [9.17, 15) is 4.79 Å². The number of rotatable bonds is 5. The summed E-state index contributed by atoms with van der Waals surface area (Å²) < 4.78 is 1.38. The normalized spacial score (nSPS) is 13.1. The summed E-state index contributed by atoms with van der Waals surface area (Å²) in [7, 11) is 0. The first-order valence-corrected chi connectivity index (χ1v) is 3.92. The van der Waals surface area contributed by atoms with Crippen molar-refractivity contribution in [3.05, 3.63) is 18.5 Å². The molecule has 0 saturated carbocycles. The van der Waals surface area contributed by atoms with Gasteiger partial charge in [0, 0.05) is 12.4 Å². The summed E-state index contributed by atoms with van der Waals surface area (Å²) in [6, 6.07) is 0.559. The van der Waals surface area contributed by atoms with Crippen LogP contribution in [-0.2, 0) is 11.3 Å². The van der Waals surface area contributed by atoms with Crippen LogP contribution in [0.1, 0.15) is 0 Å². The lowest BCUT2D eigenvalue weighted by atomic mass is 10.3. The first-order valence-electron chi connectivity index (χ1n) is 3.92. The van der Waals surface area contributed by atoms with Crippen molar-refractivity contribution in [2.24, 2.45) is 0 Å². The van der Waals surface area contributed by atoms with Gasteiger partial charge < -0.3 is 15.3 Å². The van der Waals surface area contributed by atoms with E-state index in [1.807, 2.05) is 0 Å². The molecule has 4 N–H and O–H groups in total. The van der Waals surface area contributed by atoms with Gasteiger partial charge in [0.1, 0.15) is 6.04 Å². The molecule has 0 aliphatic rings. The van der Waals surface area contributed by atoms with Crippen molar-refractivity contribution in [2.45, 2.75) is 19.0 Å². The van der Waals surface area contributed by atoms with Gasteiger partial charge in [0.15, 0.2) is 0 Å². The predicted molar refractivity (Wildman–Crippen MR) is 45.0 cm³/mol. The summed E-state index contributed by atoms with van der Waals surface area (Å²) in [5.74, 6) is -1.17. The predicted octanol–water partition coefficient (Wildman–Crippen LogP) is -1.81. The molecule has 1 heterocycles. The van der Waals surface area contributed by atoms with E-state index in [0.717, 1.165) is 0 Å². The van der Waals surface area contributed by atoms with Gasteiger partial charge in [-0.1, -0.05) is 0 Å². The van der Waals surface area contributed by atoms with E-state index in [-0.39, 0.29) is 6.54 Å². The molecule has 1 aromatic rings. The molecule has 0 unspecified atom stereocenters. The second kappa shape index (κ2) is 4.70. The third-order valence-corrected chi connectivity index (χ3v) is 1.58. The summed E-state index contributed by atoms with van der Waals surface area (Å²) in [6.45, 7) is 0.0277. The first-order chi connectivity index (χ1) is 6.59. The van der Waals surface area contributed by atoms with Gasteiger partial charge in [-0.05, 0) is 6.07 Å². The highest BCUT2D eigenvalue weighted by Gasteiger charge is 2.19. The second-order valence-electron chi connectivity index (χ2n) is 2.66. The smallest absolute Gasteiger partial charge is 0.322 e. The molecule has 14 heavy (non-hydrogen) atoms. The topological polar surface area (TPSA) is 108 Å². The summed E-state index contributed by atoms with van der Waals surface area (Å²) >= 11 is 0. The number of carboxylic acids is 1. The van der Waals surface area contributed by atoms with Crippen molar-refractivity contribution in [3.8, 4) is 0 Å². The molecule has 0 saturated heterocycles. The highest BCUT2D eigenvalue weighted by molar-refractivity contribution is 5.73. The standard InChI is InChI=1S/C7H11N3O4/c11-6(12)5(9-7(13)14)4-10-3-1-2-8-10/h1-3,5,7,9,13-14H,4H2,(H,11,12)/t5-/m0/s1. The van der Waals surface area contributed by atoms with Crippen LogP contribution >= 0.6 is 0 Å². The highest BCUT2D eigenvalue weighted by Crippen LogP contribution is 1.92. The molecule has 0 aliphatic carbocycles. The third-order valence-electron chi connectivity index (χ3n) is 1.58. The molecule has 0 fully saturated rings. The summed E-state index contributed by atoms with van der Waals surface area (Å²) in [4.78, 5) is 10.6. The quantitative estimate of drug-likeness (QED) is 0.418. The van der Waals surface area contributed by atoms with Crippen LogP contribution in [0.5, 0.6) is 0 Å². The average Bonchev–Trinajstić information content (AvgIpc) is 2.54. The van der Waals surface area contributed by atoms with Gasteiger partial charge in [-0.25, -0.2) is 0 Å². The Morgan fingerprint density at radius 2 is 2.29 bits per heavy atom. The molecule has 1 aromatic heterocycles. The van der Waals surface area contributed by atoms with Crippen LogP contribution in [0.4, 0.5) is 0 Å². The van der Waals surface area contributed by atoms with Gasteiger partial charge in [0.25, 0.3) is 0 Å². The van der Waals surface area contributed by atoms with Crippen LogP contribution < -0.4 is 5.32 Å². The Morgan fingerprint density at radius 1 is 1.57 bits per heavy atom.